The number of halogens is 1. The van der Waals surface area contributed by atoms with Gasteiger partial charge in [0.05, 0.1) is 0 Å². The minimum absolute atomic E-state index is 0.227. The van der Waals surface area contributed by atoms with E-state index in [9.17, 15) is 13.2 Å². The highest BCUT2D eigenvalue weighted by molar-refractivity contribution is 8.12. The van der Waals surface area contributed by atoms with Gasteiger partial charge in [0.15, 0.2) is 0 Å². The lowest BCUT2D eigenvalue weighted by Gasteiger charge is -2.06. The van der Waals surface area contributed by atoms with E-state index in [4.69, 9.17) is 15.4 Å². The molecule has 2 rings (SSSR count). The normalized spacial score (nSPS) is 10.9. The number of hydrogen-bond acceptors (Lipinski definition) is 4. The molecule has 2 aromatic carbocycles. The van der Waals surface area contributed by atoms with Crippen molar-refractivity contribution in [1.29, 1.82) is 0 Å². The molecule has 1 N–H and O–H groups in total. The van der Waals surface area contributed by atoms with Crippen LogP contribution in [0.4, 0.5) is 4.79 Å². The molecular formula is C14H12ClNO4S. The van der Waals surface area contributed by atoms with Crippen LogP contribution in [0.25, 0.3) is 0 Å². The van der Waals surface area contributed by atoms with Crippen molar-refractivity contribution in [2.45, 2.75) is 6.42 Å². The Morgan fingerprint density at radius 3 is 2.14 bits per heavy atom. The van der Waals surface area contributed by atoms with Crippen molar-refractivity contribution in [3.8, 4) is 5.75 Å². The summed E-state index contributed by atoms with van der Waals surface area (Å²) < 4.78 is 27.6. The smallest absolute Gasteiger partial charge is 0.410 e. The first-order valence-corrected chi connectivity index (χ1v) is 8.30. The van der Waals surface area contributed by atoms with Crippen LogP contribution < -0.4 is 9.46 Å². The van der Waals surface area contributed by atoms with Gasteiger partial charge in [-0.3, -0.25) is 0 Å². The van der Waals surface area contributed by atoms with Gasteiger partial charge in [-0.05, 0) is 29.7 Å². The first-order valence-electron chi connectivity index (χ1n) is 5.99. The van der Waals surface area contributed by atoms with Crippen LogP contribution in [0.2, 0.25) is 0 Å². The van der Waals surface area contributed by atoms with Crippen molar-refractivity contribution in [3.63, 3.8) is 0 Å². The van der Waals surface area contributed by atoms with Crippen molar-refractivity contribution in [2.75, 3.05) is 0 Å². The second kappa shape index (κ2) is 6.60. The Balaban J connectivity index is 1.98. The van der Waals surface area contributed by atoms with Gasteiger partial charge in [-0.15, -0.1) is 0 Å². The number of nitrogens with one attached hydrogen (secondary N) is 1. The fourth-order valence-electron chi connectivity index (χ4n) is 1.73. The van der Waals surface area contributed by atoms with E-state index in [-0.39, 0.29) is 5.75 Å². The molecule has 7 heteroatoms. The third-order valence-electron chi connectivity index (χ3n) is 2.59. The lowest BCUT2D eigenvalue weighted by Crippen LogP contribution is -2.29. The number of ether oxygens (including phenoxy) is 1. The summed E-state index contributed by atoms with van der Waals surface area (Å²) in [6.07, 6.45) is -0.399. The fourth-order valence-corrected chi connectivity index (χ4v) is 2.16. The average molecular weight is 326 g/mol. The van der Waals surface area contributed by atoms with Gasteiger partial charge in [0.1, 0.15) is 5.75 Å². The van der Waals surface area contributed by atoms with Crippen LogP contribution in [-0.2, 0) is 15.7 Å². The van der Waals surface area contributed by atoms with Crippen LogP contribution in [0.1, 0.15) is 11.1 Å². The maximum Gasteiger partial charge on any atom is 0.427 e. The predicted molar refractivity (Wildman–Crippen MR) is 79.6 cm³/mol. The minimum Gasteiger partial charge on any atom is -0.410 e. The summed E-state index contributed by atoms with van der Waals surface area (Å²) in [5.41, 5.74) is 2.20. The second-order valence-electron chi connectivity index (χ2n) is 4.24. The van der Waals surface area contributed by atoms with Gasteiger partial charge in [0.25, 0.3) is 0 Å². The molecule has 0 atom stereocenters. The van der Waals surface area contributed by atoms with Crippen LogP contribution >= 0.6 is 10.7 Å². The Hall–Kier alpha value is -2.05. The van der Waals surface area contributed by atoms with E-state index in [1.54, 1.807) is 24.3 Å². The Morgan fingerprint density at radius 2 is 1.57 bits per heavy atom. The summed E-state index contributed by atoms with van der Waals surface area (Å²) in [7, 11) is 0.725. The van der Waals surface area contributed by atoms with E-state index >= 15 is 0 Å². The molecule has 21 heavy (non-hydrogen) atoms. The van der Waals surface area contributed by atoms with Crippen molar-refractivity contribution in [2.24, 2.45) is 0 Å². The maximum absolute atomic E-state index is 11.2. The average Bonchev–Trinajstić information content (AvgIpc) is 2.40. The molecule has 1 amide bonds. The summed E-state index contributed by atoms with van der Waals surface area (Å²) in [5.74, 6) is 0.227. The number of carbonyl (C=O) groups excluding carboxylic acids is 1. The van der Waals surface area contributed by atoms with Gasteiger partial charge in [0, 0.05) is 10.7 Å². The van der Waals surface area contributed by atoms with Gasteiger partial charge in [-0.2, -0.15) is 8.42 Å². The summed E-state index contributed by atoms with van der Waals surface area (Å²) in [5, 5.41) is 0. The van der Waals surface area contributed by atoms with E-state index < -0.39 is 15.3 Å². The van der Waals surface area contributed by atoms with Gasteiger partial charge in [0.2, 0.25) is 0 Å². The number of hydrogen-bond donors (Lipinski definition) is 1. The lowest BCUT2D eigenvalue weighted by atomic mass is 10.1. The van der Waals surface area contributed by atoms with Crippen LogP contribution in [0, 0.1) is 0 Å². The highest BCUT2D eigenvalue weighted by Gasteiger charge is 2.12. The van der Waals surface area contributed by atoms with E-state index in [1.807, 2.05) is 30.3 Å². The van der Waals surface area contributed by atoms with Crippen LogP contribution in [0.3, 0.4) is 0 Å². The third-order valence-corrected chi connectivity index (χ3v) is 3.23. The molecule has 0 unspecified atom stereocenters. The van der Waals surface area contributed by atoms with Crippen LogP contribution in [0.15, 0.2) is 54.6 Å². The van der Waals surface area contributed by atoms with E-state index in [0.717, 1.165) is 17.5 Å². The topological polar surface area (TPSA) is 72.5 Å². The molecule has 0 saturated carbocycles. The van der Waals surface area contributed by atoms with Crippen molar-refractivity contribution in [3.05, 3.63) is 65.7 Å². The second-order valence-corrected chi connectivity index (χ2v) is 6.53. The molecule has 0 aliphatic carbocycles. The zero-order chi connectivity index (χ0) is 15.3. The Kier molecular flexibility index (Phi) is 4.82. The van der Waals surface area contributed by atoms with Crippen LogP contribution in [0.5, 0.6) is 5.75 Å². The van der Waals surface area contributed by atoms with E-state index in [2.05, 4.69) is 0 Å². The highest BCUT2D eigenvalue weighted by Crippen LogP contribution is 2.15. The van der Waals surface area contributed by atoms with Crippen molar-refractivity contribution in [1.82, 2.24) is 4.72 Å². The third kappa shape index (κ3) is 5.45. The number of rotatable bonds is 4. The van der Waals surface area contributed by atoms with E-state index in [0.29, 0.717) is 0 Å². The zero-order valence-corrected chi connectivity index (χ0v) is 12.4. The Labute approximate surface area is 127 Å². The highest BCUT2D eigenvalue weighted by atomic mass is 35.7. The molecule has 0 spiro atoms. The molecule has 110 valence electrons. The quantitative estimate of drug-likeness (QED) is 0.877. The predicted octanol–water partition coefficient (Wildman–Crippen LogP) is 2.85. The molecule has 0 aliphatic rings. The molecule has 0 heterocycles. The molecule has 0 fully saturated rings. The van der Waals surface area contributed by atoms with Gasteiger partial charge in [-0.1, -0.05) is 42.5 Å². The van der Waals surface area contributed by atoms with Gasteiger partial charge < -0.3 is 4.74 Å². The molecule has 0 saturated heterocycles. The Morgan fingerprint density at radius 1 is 1.00 bits per heavy atom. The molecule has 0 aromatic heterocycles. The van der Waals surface area contributed by atoms with E-state index in [1.165, 1.54) is 4.72 Å². The zero-order valence-electron chi connectivity index (χ0n) is 10.8. The largest absolute Gasteiger partial charge is 0.427 e. The minimum atomic E-state index is -4.14. The number of amides is 1. The lowest BCUT2D eigenvalue weighted by molar-refractivity contribution is 0.207. The fraction of sp³-hybridized carbons (Fsp3) is 0.0714. The molecule has 5 nitrogen and oxygen atoms in total. The SMILES string of the molecule is O=C(NS(=O)(=O)Cl)Oc1ccc(Cc2ccccc2)cc1. The molecule has 0 radical (unpaired) electrons. The van der Waals surface area contributed by atoms with Gasteiger partial charge >= 0.3 is 15.3 Å². The first-order chi connectivity index (χ1) is 9.92. The van der Waals surface area contributed by atoms with Gasteiger partial charge in [-0.25, -0.2) is 9.52 Å². The van der Waals surface area contributed by atoms with Crippen LogP contribution in [-0.4, -0.2) is 14.5 Å². The summed E-state index contributed by atoms with van der Waals surface area (Å²) >= 11 is 0. The summed E-state index contributed by atoms with van der Waals surface area (Å²) in [6, 6.07) is 16.7. The maximum atomic E-state index is 11.2. The summed E-state index contributed by atoms with van der Waals surface area (Å²) in [6.45, 7) is 0. The standard InChI is InChI=1S/C14H12ClNO4S/c15-21(18,19)16-14(17)20-13-8-6-12(7-9-13)10-11-4-2-1-3-5-11/h1-9H,10H2,(H,16,17). The number of benzene rings is 2. The molecule has 2 aromatic rings. The first kappa shape index (κ1) is 15.3. The Bertz CT molecular complexity index is 714. The van der Waals surface area contributed by atoms with Crippen molar-refractivity contribution >= 4 is 26.0 Å². The molecule has 0 bridgehead atoms. The van der Waals surface area contributed by atoms with Crippen molar-refractivity contribution < 1.29 is 17.9 Å². The summed E-state index contributed by atoms with van der Waals surface area (Å²) in [4.78, 5) is 11.2. The molecule has 0 aliphatic heterocycles. The molecular weight excluding hydrogens is 314 g/mol. The number of carbonyl (C=O) groups is 1. The monoisotopic (exact) mass is 325 g/mol.